The molecule has 2 aromatic rings. The van der Waals surface area contributed by atoms with Crippen LogP contribution >= 0.6 is 11.8 Å². The largest absolute Gasteiger partial charge is 0.496 e. The fraction of sp³-hybridized carbons (Fsp3) is 0.381. The van der Waals surface area contributed by atoms with Crippen LogP contribution in [0.15, 0.2) is 36.4 Å². The van der Waals surface area contributed by atoms with Gasteiger partial charge in [-0.05, 0) is 47.8 Å². The lowest BCUT2D eigenvalue weighted by Gasteiger charge is -2.15. The van der Waals surface area contributed by atoms with E-state index in [0.717, 1.165) is 22.3 Å². The minimum absolute atomic E-state index is 0.0839. The number of aliphatic hydroxyl groups excluding tert-OH is 1. The Bertz CT molecular complexity index is 688. The number of aryl methyl sites for hydroxylation is 1. The minimum atomic E-state index is -0.220. The minimum Gasteiger partial charge on any atom is -0.496 e. The Kier molecular flexibility index (Phi) is 10.4. The second-order valence-corrected chi connectivity index (χ2v) is 6.53. The van der Waals surface area contributed by atoms with Crippen molar-refractivity contribution in [3.63, 3.8) is 0 Å². The highest BCUT2D eigenvalue weighted by atomic mass is 32.2. The maximum absolute atomic E-state index is 11.2. The molecule has 0 aliphatic carbocycles. The number of hydrogen-bond acceptors (Lipinski definition) is 6. The van der Waals surface area contributed by atoms with Crippen LogP contribution in [-0.2, 0) is 22.6 Å². The Hall–Kier alpha value is -2.18. The number of hydrogen-bond donors (Lipinski definition) is 1. The molecule has 0 unspecified atom stereocenters. The van der Waals surface area contributed by atoms with Gasteiger partial charge in [0.05, 0.1) is 33.5 Å². The molecule has 0 fully saturated rings. The van der Waals surface area contributed by atoms with Crippen LogP contribution in [0.1, 0.15) is 17.5 Å². The third-order valence-electron chi connectivity index (χ3n) is 3.84. The van der Waals surface area contributed by atoms with E-state index in [-0.39, 0.29) is 12.6 Å². The van der Waals surface area contributed by atoms with Crippen molar-refractivity contribution in [2.75, 3.05) is 33.8 Å². The standard InChI is InChI=1S/C19H22O5.C2H6S/c1-22-16-10-14(12-20)11-17(23-2)19(16)15-7-4-13(5-8-15)6-9-18(21)24-3;1-3-2/h4-5,7-8,10-11,20H,6,9,12H2,1-3H3;1-2H3. The first-order valence-electron chi connectivity index (χ1n) is 8.46. The molecule has 0 spiro atoms. The third-order valence-corrected chi connectivity index (χ3v) is 3.84. The highest BCUT2D eigenvalue weighted by molar-refractivity contribution is 7.97. The van der Waals surface area contributed by atoms with Gasteiger partial charge < -0.3 is 19.3 Å². The number of carbonyl (C=O) groups is 1. The van der Waals surface area contributed by atoms with E-state index < -0.39 is 0 Å². The summed E-state index contributed by atoms with van der Waals surface area (Å²) in [6.45, 7) is -0.0839. The predicted molar refractivity (Wildman–Crippen MR) is 111 cm³/mol. The molecule has 0 aliphatic heterocycles. The number of esters is 1. The molecular formula is C21H28O5S. The molecule has 148 valence electrons. The Labute approximate surface area is 165 Å². The van der Waals surface area contributed by atoms with Gasteiger partial charge in [0.15, 0.2) is 0 Å². The smallest absolute Gasteiger partial charge is 0.305 e. The van der Waals surface area contributed by atoms with Crippen molar-refractivity contribution < 1.29 is 24.1 Å². The molecule has 0 aromatic heterocycles. The van der Waals surface area contributed by atoms with Gasteiger partial charge in [-0.1, -0.05) is 24.3 Å². The Morgan fingerprint density at radius 1 is 0.963 bits per heavy atom. The number of ether oxygens (including phenoxy) is 3. The van der Waals surface area contributed by atoms with E-state index in [0.29, 0.717) is 24.3 Å². The number of carbonyl (C=O) groups excluding carboxylic acids is 1. The summed E-state index contributed by atoms with van der Waals surface area (Å²) in [6, 6.07) is 11.5. The summed E-state index contributed by atoms with van der Waals surface area (Å²) in [5.74, 6) is 1.06. The van der Waals surface area contributed by atoms with E-state index in [1.165, 1.54) is 7.11 Å². The Morgan fingerprint density at radius 3 is 1.89 bits per heavy atom. The molecule has 0 aliphatic rings. The highest BCUT2D eigenvalue weighted by Crippen LogP contribution is 2.39. The molecule has 0 saturated carbocycles. The molecule has 0 radical (unpaired) electrons. The zero-order valence-electron chi connectivity index (χ0n) is 16.6. The summed E-state index contributed by atoms with van der Waals surface area (Å²) >= 11 is 1.75. The maximum Gasteiger partial charge on any atom is 0.305 e. The number of thioether (sulfide) groups is 1. The van der Waals surface area contributed by atoms with Crippen LogP contribution in [0.3, 0.4) is 0 Å². The van der Waals surface area contributed by atoms with Crippen molar-refractivity contribution in [1.29, 1.82) is 0 Å². The van der Waals surface area contributed by atoms with Crippen LogP contribution in [0.25, 0.3) is 11.1 Å². The van der Waals surface area contributed by atoms with Gasteiger partial charge in [0.1, 0.15) is 11.5 Å². The molecule has 0 bridgehead atoms. The summed E-state index contributed by atoms with van der Waals surface area (Å²) in [7, 11) is 4.56. The summed E-state index contributed by atoms with van der Waals surface area (Å²) in [4.78, 5) is 11.2. The molecule has 0 atom stereocenters. The summed E-state index contributed by atoms with van der Waals surface area (Å²) in [6.07, 6.45) is 5.07. The van der Waals surface area contributed by atoms with Gasteiger partial charge in [-0.2, -0.15) is 11.8 Å². The summed E-state index contributed by atoms with van der Waals surface area (Å²) in [5, 5.41) is 9.35. The molecule has 27 heavy (non-hydrogen) atoms. The topological polar surface area (TPSA) is 65.0 Å². The van der Waals surface area contributed by atoms with Gasteiger partial charge >= 0.3 is 5.97 Å². The summed E-state index contributed by atoms with van der Waals surface area (Å²) in [5.41, 5.74) is 3.54. The van der Waals surface area contributed by atoms with E-state index in [4.69, 9.17) is 9.47 Å². The predicted octanol–water partition coefficient (Wildman–Crippen LogP) is 3.95. The Balaban J connectivity index is 0.00000114. The van der Waals surface area contributed by atoms with E-state index in [9.17, 15) is 9.90 Å². The molecule has 5 nitrogen and oxygen atoms in total. The zero-order chi connectivity index (χ0) is 20.2. The van der Waals surface area contributed by atoms with Crippen LogP contribution in [-0.4, -0.2) is 44.9 Å². The van der Waals surface area contributed by atoms with Crippen molar-refractivity contribution in [3.8, 4) is 22.6 Å². The van der Waals surface area contributed by atoms with Gasteiger partial charge in [-0.25, -0.2) is 0 Å². The molecule has 0 amide bonds. The number of aliphatic hydroxyl groups is 1. The van der Waals surface area contributed by atoms with E-state index in [1.807, 2.05) is 36.8 Å². The average molecular weight is 393 g/mol. The van der Waals surface area contributed by atoms with Gasteiger partial charge in [-0.15, -0.1) is 0 Å². The second-order valence-electron chi connectivity index (χ2n) is 5.71. The molecule has 0 saturated heterocycles. The van der Waals surface area contributed by atoms with Gasteiger partial charge in [0.2, 0.25) is 0 Å². The van der Waals surface area contributed by atoms with Crippen LogP contribution in [0, 0.1) is 0 Å². The molecular weight excluding hydrogens is 364 g/mol. The van der Waals surface area contributed by atoms with Crippen LogP contribution < -0.4 is 9.47 Å². The average Bonchev–Trinajstić information content (AvgIpc) is 2.71. The first kappa shape index (κ1) is 22.9. The molecule has 2 aromatic carbocycles. The summed E-state index contributed by atoms with van der Waals surface area (Å²) < 4.78 is 15.6. The normalized spacial score (nSPS) is 9.85. The van der Waals surface area contributed by atoms with Gasteiger partial charge in [-0.3, -0.25) is 4.79 Å². The van der Waals surface area contributed by atoms with Crippen molar-refractivity contribution >= 4 is 17.7 Å². The van der Waals surface area contributed by atoms with Crippen LogP contribution in [0.2, 0.25) is 0 Å². The van der Waals surface area contributed by atoms with Gasteiger partial charge in [0, 0.05) is 6.42 Å². The van der Waals surface area contributed by atoms with Crippen molar-refractivity contribution in [2.24, 2.45) is 0 Å². The van der Waals surface area contributed by atoms with E-state index >= 15 is 0 Å². The lowest BCUT2D eigenvalue weighted by molar-refractivity contribution is -0.140. The fourth-order valence-electron chi connectivity index (χ4n) is 2.53. The number of benzene rings is 2. The molecule has 6 heteroatoms. The number of rotatable bonds is 7. The molecule has 0 heterocycles. The fourth-order valence-corrected chi connectivity index (χ4v) is 2.53. The van der Waals surface area contributed by atoms with Crippen LogP contribution in [0.5, 0.6) is 11.5 Å². The first-order valence-corrected chi connectivity index (χ1v) is 10.1. The lowest BCUT2D eigenvalue weighted by atomic mass is 9.99. The molecule has 1 N–H and O–H groups in total. The third kappa shape index (κ3) is 6.81. The van der Waals surface area contributed by atoms with Crippen molar-refractivity contribution in [1.82, 2.24) is 0 Å². The quantitative estimate of drug-likeness (QED) is 0.720. The van der Waals surface area contributed by atoms with Gasteiger partial charge in [0.25, 0.3) is 0 Å². The highest BCUT2D eigenvalue weighted by Gasteiger charge is 2.14. The lowest BCUT2D eigenvalue weighted by Crippen LogP contribution is -2.01. The zero-order valence-corrected chi connectivity index (χ0v) is 17.4. The maximum atomic E-state index is 11.2. The Morgan fingerprint density at radius 2 is 1.48 bits per heavy atom. The SMILES string of the molecule is COC(=O)CCc1ccc(-c2c(OC)cc(CO)cc2OC)cc1.CSC. The van der Waals surface area contributed by atoms with Crippen molar-refractivity contribution in [2.45, 2.75) is 19.4 Å². The second kappa shape index (κ2) is 12.3. The van der Waals surface area contributed by atoms with Crippen LogP contribution in [0.4, 0.5) is 0 Å². The van der Waals surface area contributed by atoms with E-state index in [1.54, 1.807) is 38.1 Å². The number of methoxy groups -OCH3 is 3. The van der Waals surface area contributed by atoms with E-state index in [2.05, 4.69) is 4.74 Å². The van der Waals surface area contributed by atoms with Crippen molar-refractivity contribution in [3.05, 3.63) is 47.5 Å². The molecule has 2 rings (SSSR count). The monoisotopic (exact) mass is 392 g/mol. The first-order chi connectivity index (χ1) is 13.0.